The topological polar surface area (TPSA) is 250 Å². The number of rotatable bonds is 9. The van der Waals surface area contributed by atoms with Crippen LogP contribution in [-0.4, -0.2) is 126 Å². The SMILES string of the molecule is N#CCC(=O)N1CCC(C2=CB(O)Oc3cnc4c(c32)C=CC4)CC1.O=C(NCC(F)(F)F)N1CCC(C2=CB(O)Oc3cnc4c(c32)C=CC4)CC1.O=S(=O)(Cc1ccccc1)NC1CC(C2=CB(O)Oc3cnc4c(c32)C=CC4)C1. The highest BCUT2D eigenvalue weighted by Crippen LogP contribution is 2.48. The van der Waals surface area contributed by atoms with Crippen molar-refractivity contribution in [2.45, 2.75) is 82.2 Å². The first-order chi connectivity index (χ1) is 39.5. The molecule has 3 aromatic heterocycles. The average Bonchev–Trinajstić information content (AvgIpc) is 3.83. The molecule has 0 spiro atoms. The maximum Gasteiger partial charge on any atom is 0.552 e. The summed E-state index contributed by atoms with van der Waals surface area (Å²) in [6, 6.07) is 10.3. The minimum absolute atomic E-state index is 0.0168. The van der Waals surface area contributed by atoms with Crippen LogP contribution in [0.5, 0.6) is 17.2 Å². The van der Waals surface area contributed by atoms with Gasteiger partial charge in [0.2, 0.25) is 15.9 Å². The summed E-state index contributed by atoms with van der Waals surface area (Å²) in [4.78, 5) is 40.3. The smallest absolute Gasteiger partial charge is 0.531 e. The number of nitrogens with one attached hydrogen (secondary N) is 2. The van der Waals surface area contributed by atoms with Gasteiger partial charge < -0.3 is 44.2 Å². The van der Waals surface area contributed by atoms with E-state index in [0.29, 0.717) is 69.1 Å². The van der Waals surface area contributed by atoms with Gasteiger partial charge in [-0.25, -0.2) is 17.9 Å². The van der Waals surface area contributed by atoms with E-state index in [4.69, 9.17) is 19.2 Å². The number of halogens is 3. The van der Waals surface area contributed by atoms with E-state index in [2.05, 4.69) is 44.0 Å². The van der Waals surface area contributed by atoms with Gasteiger partial charge in [-0.2, -0.15) is 18.4 Å². The Hall–Kier alpha value is -7.49. The molecule has 5 aliphatic heterocycles. The molecular weight excluding hydrogens is 1080 g/mol. The number of sulfonamides is 1. The molecule has 0 radical (unpaired) electrons. The molecule has 2 saturated heterocycles. The lowest BCUT2D eigenvalue weighted by atomic mass is 9.68. The highest BCUT2D eigenvalue weighted by molar-refractivity contribution is 7.88. The number of nitrogens with zero attached hydrogens (tertiary/aromatic N) is 6. The van der Waals surface area contributed by atoms with Crippen LogP contribution in [0.15, 0.2) is 85.1 Å². The number of carbonyl (C=O) groups is 2. The van der Waals surface area contributed by atoms with Gasteiger partial charge in [-0.1, -0.05) is 66.8 Å². The number of piperidine rings is 2. The summed E-state index contributed by atoms with van der Waals surface area (Å²) in [6.45, 7) is 0.636. The van der Waals surface area contributed by atoms with Gasteiger partial charge in [-0.3, -0.25) is 19.7 Å². The Morgan fingerprint density at radius 2 is 1.10 bits per heavy atom. The van der Waals surface area contributed by atoms with E-state index in [1.54, 1.807) is 41.4 Å². The van der Waals surface area contributed by atoms with E-state index in [1.165, 1.54) is 4.90 Å². The van der Waals surface area contributed by atoms with Gasteiger partial charge >= 0.3 is 33.6 Å². The third-order valence-corrected chi connectivity index (χ3v) is 17.6. The van der Waals surface area contributed by atoms with Crippen molar-refractivity contribution < 1.29 is 60.2 Å². The lowest BCUT2D eigenvalue weighted by Gasteiger charge is -2.39. The van der Waals surface area contributed by atoms with Crippen LogP contribution in [0, 0.1) is 29.1 Å². The molecule has 1 aromatic carbocycles. The lowest BCUT2D eigenvalue weighted by Crippen LogP contribution is -2.47. The van der Waals surface area contributed by atoms with E-state index >= 15 is 0 Å². The maximum atomic E-state index is 12.5. The maximum absolute atomic E-state index is 12.5. The fraction of sp³-hybridized carbons (Fsp3) is 0.368. The number of hydrogen-bond donors (Lipinski definition) is 5. The number of hydrogen-bond acceptors (Lipinski definition) is 14. The average molecular weight is 1140 g/mol. The van der Waals surface area contributed by atoms with Crippen LogP contribution in [-0.2, 0) is 39.8 Å². The first kappa shape index (κ1) is 56.4. The molecule has 13 rings (SSSR count). The molecule has 9 aliphatic rings. The predicted molar refractivity (Wildman–Crippen MR) is 303 cm³/mol. The Morgan fingerprint density at radius 1 is 0.671 bits per heavy atom. The van der Waals surface area contributed by atoms with Crippen molar-refractivity contribution >= 4 is 78.3 Å². The Morgan fingerprint density at radius 3 is 1.52 bits per heavy atom. The first-order valence-corrected chi connectivity index (χ1v) is 29.2. The van der Waals surface area contributed by atoms with Crippen molar-refractivity contribution in [2.24, 2.45) is 17.8 Å². The van der Waals surface area contributed by atoms with Crippen LogP contribution >= 0.6 is 0 Å². The van der Waals surface area contributed by atoms with Crippen LogP contribution < -0.4 is 24.0 Å². The van der Waals surface area contributed by atoms with E-state index < -0.39 is 50.1 Å². The first-order valence-electron chi connectivity index (χ1n) is 27.5. The Balaban J connectivity index is 0.000000129. The number of allylic oxidation sites excluding steroid dienone is 6. The summed E-state index contributed by atoms with van der Waals surface area (Å²) in [5.74, 6) is 7.34. The summed E-state index contributed by atoms with van der Waals surface area (Å²) in [5.41, 5.74) is 12.9. The molecule has 4 aromatic rings. The molecular formula is C57H58B3F3N8O10S. The molecule has 82 heavy (non-hydrogen) atoms. The minimum atomic E-state index is -4.43. The predicted octanol–water partition coefficient (Wildman–Crippen LogP) is 6.37. The van der Waals surface area contributed by atoms with Gasteiger partial charge in [0.05, 0.1) is 47.5 Å². The molecule has 8 heterocycles. The molecule has 0 unspecified atom stereocenters. The standard InChI is InChI=1S/C21H21BN2O4S.C18H19BF3N3O3.C18H18BN3O3/c25-22-11-18(21-17-7-4-8-19(17)23-12-20(21)28-22)15-9-16(10-15)24-29(26,27)13-14-5-2-1-3-6-14;20-18(21,22)10-24-17(26)25-6-4-11(5-7-25)13-8-19(27)28-15-9-23-14-3-1-2-12(14)16(13)15;20-7-4-17(23)22-8-5-12(6-9-22)14-10-19(24)25-16-11-21-15-3-1-2-13(15)18(14)16/h1-7,11-12,15-16,24-25H,8-10,13H2;1-2,8-9,11,27H,3-7,10H2,(H,24,26);1-2,10-12,24H,3-6,8-9H2. The zero-order valence-corrected chi connectivity index (χ0v) is 45.4. The molecule has 422 valence electrons. The van der Waals surface area contributed by atoms with Crippen LogP contribution in [0.1, 0.15) is 101 Å². The van der Waals surface area contributed by atoms with Gasteiger partial charge in [0, 0.05) is 84.9 Å². The molecule has 0 atom stereocenters. The monoisotopic (exact) mass is 1140 g/mol. The van der Waals surface area contributed by atoms with Crippen molar-refractivity contribution in [3.05, 3.63) is 141 Å². The van der Waals surface area contributed by atoms with Crippen molar-refractivity contribution in [3.63, 3.8) is 0 Å². The third kappa shape index (κ3) is 12.5. The van der Waals surface area contributed by atoms with Gasteiger partial charge in [-0.15, -0.1) is 0 Å². The fourth-order valence-electron chi connectivity index (χ4n) is 12.3. The number of likely N-dealkylation sites (tertiary alicyclic amines) is 2. The minimum Gasteiger partial charge on any atom is -0.531 e. The van der Waals surface area contributed by atoms with Gasteiger partial charge in [0.25, 0.3) is 0 Å². The lowest BCUT2D eigenvalue weighted by molar-refractivity contribution is -0.131. The van der Waals surface area contributed by atoms with E-state index in [1.807, 2.05) is 53.9 Å². The number of carbonyl (C=O) groups excluding carboxylic acids is 2. The molecule has 18 nitrogen and oxygen atoms in total. The van der Waals surface area contributed by atoms with Crippen LogP contribution in [0.3, 0.4) is 0 Å². The highest BCUT2D eigenvalue weighted by atomic mass is 32.2. The van der Waals surface area contributed by atoms with Gasteiger partial charge in [-0.05, 0) is 96.5 Å². The molecule has 3 amide bonds. The van der Waals surface area contributed by atoms with Crippen LogP contribution in [0.25, 0.3) is 34.9 Å². The second kappa shape index (κ2) is 23.8. The largest absolute Gasteiger partial charge is 0.552 e. The molecule has 0 bridgehead atoms. The van der Waals surface area contributed by atoms with Crippen LogP contribution in [0.4, 0.5) is 18.0 Å². The third-order valence-electron chi connectivity index (χ3n) is 16.2. The summed E-state index contributed by atoms with van der Waals surface area (Å²) >= 11 is 0. The van der Waals surface area contributed by atoms with E-state index in [-0.39, 0.29) is 41.9 Å². The number of amides is 3. The number of alkyl halides is 3. The number of fused-ring (bicyclic) bond motifs is 9. The number of aromatic nitrogens is 3. The zero-order valence-electron chi connectivity index (χ0n) is 44.6. The van der Waals surface area contributed by atoms with E-state index in [9.17, 15) is 46.3 Å². The van der Waals surface area contributed by atoms with Gasteiger partial charge in [0.15, 0.2) is 0 Å². The number of benzene rings is 1. The normalized spacial score (nSPS) is 20.2. The summed E-state index contributed by atoms with van der Waals surface area (Å²) < 4.78 is 81.3. The summed E-state index contributed by atoms with van der Waals surface area (Å²) in [7, 11) is -6.43. The fourth-order valence-corrected chi connectivity index (χ4v) is 13.7. The zero-order chi connectivity index (χ0) is 57.3. The number of nitriles is 1. The summed E-state index contributed by atoms with van der Waals surface area (Å²) in [6.07, 6.45) is 19.4. The number of urea groups is 1. The van der Waals surface area contributed by atoms with Gasteiger partial charge in [0.1, 0.15) is 30.2 Å². The van der Waals surface area contributed by atoms with Crippen molar-refractivity contribution in [2.75, 3.05) is 32.7 Å². The Kier molecular flexibility index (Phi) is 16.3. The number of pyridine rings is 3. The molecule has 25 heteroatoms. The van der Waals surface area contributed by atoms with Crippen LogP contribution in [0.2, 0.25) is 0 Å². The second-order valence-corrected chi connectivity index (χ2v) is 23.3. The summed E-state index contributed by atoms with van der Waals surface area (Å²) in [5, 5.41) is 40.8. The quantitative estimate of drug-likeness (QED) is 0.114. The molecule has 3 fully saturated rings. The molecule has 1 saturated carbocycles. The van der Waals surface area contributed by atoms with Crippen molar-refractivity contribution in [1.82, 2.24) is 34.8 Å². The Labute approximate surface area is 473 Å². The highest BCUT2D eigenvalue weighted by Gasteiger charge is 2.41. The van der Waals surface area contributed by atoms with Crippen molar-refractivity contribution in [3.8, 4) is 23.3 Å². The van der Waals surface area contributed by atoms with E-state index in [0.717, 1.165) is 105 Å². The molecule has 5 N–H and O–H groups in total. The molecule has 4 aliphatic carbocycles. The van der Waals surface area contributed by atoms with Crippen molar-refractivity contribution in [1.29, 1.82) is 5.26 Å². The Bertz CT molecular complexity index is 3500. The second-order valence-electron chi connectivity index (χ2n) is 21.5.